The maximum absolute atomic E-state index is 2.81. The van der Waals surface area contributed by atoms with Crippen molar-refractivity contribution in [3.63, 3.8) is 0 Å². The molecule has 4 aliphatic rings. The lowest BCUT2D eigenvalue weighted by Crippen LogP contribution is -2.64. The van der Waals surface area contributed by atoms with Gasteiger partial charge in [0.05, 0.1) is 17.1 Å². The standard InChI is InChI=1S/C84H71B2N3S/c1-82(2,3)58-47-62(54-31-15-10-16-32-54)78(63(48-58)55-33-17-11-18-34-55)88-71-45-29-26-42-67(71)86-69-53-74-77-81(90-75-46-30-27-43-68(75)85(77)66-41-25-28-44-70(66)87(74)61-39-23-14-24-40-61)80(69)89(73-52-60(84(7,8)9)51-72(88)76(73)86)79-64(56-35-19-12-20-36-56)49-59(83(4,5)6)50-65(79)57-37-21-13-22-38-57/h10-53H,1-9H3. The van der Waals surface area contributed by atoms with E-state index >= 15 is 0 Å². The first-order chi connectivity index (χ1) is 43.6. The quantitative estimate of drug-likeness (QED) is 0.147. The average Bonchev–Trinajstić information content (AvgIpc) is 0.677. The van der Waals surface area contributed by atoms with Gasteiger partial charge in [0, 0.05) is 66.2 Å². The van der Waals surface area contributed by atoms with Gasteiger partial charge in [-0.3, -0.25) is 0 Å². The van der Waals surface area contributed by atoms with Crippen molar-refractivity contribution < 1.29 is 0 Å². The Kier molecular flexibility index (Phi) is 13.1. The zero-order valence-corrected chi connectivity index (χ0v) is 53.6. The number of fused-ring (bicyclic) bond motifs is 9. The average molecular weight is 1180 g/mol. The van der Waals surface area contributed by atoms with Crippen molar-refractivity contribution in [3.05, 3.63) is 284 Å². The van der Waals surface area contributed by atoms with Crippen molar-refractivity contribution in [2.24, 2.45) is 0 Å². The third-order valence-electron chi connectivity index (χ3n) is 19.3. The number of anilines is 9. The topological polar surface area (TPSA) is 9.72 Å². The van der Waals surface area contributed by atoms with Crippen molar-refractivity contribution in [1.29, 1.82) is 0 Å². The number of hydrogen-bond acceptors (Lipinski definition) is 4. The maximum atomic E-state index is 2.81. The molecule has 4 aliphatic heterocycles. The first kappa shape index (κ1) is 55.8. The van der Waals surface area contributed by atoms with Crippen LogP contribution in [0, 0.1) is 0 Å². The fraction of sp³-hybridized carbons (Fsp3) is 0.143. The van der Waals surface area contributed by atoms with Gasteiger partial charge >= 0.3 is 0 Å². The molecule has 0 radical (unpaired) electrons. The number of benzene rings is 12. The van der Waals surface area contributed by atoms with Crippen molar-refractivity contribution in [2.45, 2.75) is 88.3 Å². The molecule has 0 bridgehead atoms. The minimum absolute atomic E-state index is 0.0305. The van der Waals surface area contributed by atoms with Crippen molar-refractivity contribution >= 4 is 109 Å². The molecule has 0 spiro atoms. The molecule has 0 fully saturated rings. The summed E-state index contributed by atoms with van der Waals surface area (Å²) in [5.41, 5.74) is 31.3. The van der Waals surface area contributed by atoms with E-state index in [0.717, 1.165) is 5.69 Å². The highest BCUT2D eigenvalue weighted by molar-refractivity contribution is 8.00. The van der Waals surface area contributed by atoms with E-state index in [2.05, 4.69) is 344 Å². The van der Waals surface area contributed by atoms with E-state index in [1.807, 2.05) is 11.8 Å². The zero-order valence-electron chi connectivity index (χ0n) is 52.8. The van der Waals surface area contributed by atoms with Gasteiger partial charge in [0.1, 0.15) is 0 Å². The highest BCUT2D eigenvalue weighted by Crippen LogP contribution is 2.57. The van der Waals surface area contributed by atoms with Crippen LogP contribution in [0.5, 0.6) is 0 Å². The number of rotatable bonds is 7. The minimum Gasteiger partial charge on any atom is -0.312 e. The largest absolute Gasteiger partial charge is 0.312 e. The molecule has 0 unspecified atom stereocenters. The second kappa shape index (κ2) is 21.1. The van der Waals surface area contributed by atoms with Gasteiger partial charge in [-0.05, 0) is 155 Å². The summed E-state index contributed by atoms with van der Waals surface area (Å²) in [5.74, 6) is 0. The lowest BCUT2D eigenvalue weighted by Gasteiger charge is -2.49. The van der Waals surface area contributed by atoms with E-state index in [1.165, 1.54) is 149 Å². The molecule has 16 rings (SSSR count). The van der Waals surface area contributed by atoms with Crippen molar-refractivity contribution in [1.82, 2.24) is 0 Å². The summed E-state index contributed by atoms with van der Waals surface area (Å²) in [6.07, 6.45) is 0. The van der Waals surface area contributed by atoms with Gasteiger partial charge in [-0.1, -0.05) is 274 Å². The molecule has 90 heavy (non-hydrogen) atoms. The van der Waals surface area contributed by atoms with Crippen LogP contribution in [0.15, 0.2) is 277 Å². The second-order valence-corrected chi connectivity index (χ2v) is 29.1. The zero-order chi connectivity index (χ0) is 61.4. The Morgan fingerprint density at radius 3 is 1.08 bits per heavy atom. The Morgan fingerprint density at radius 2 is 0.622 bits per heavy atom. The first-order valence-corrected chi connectivity index (χ1v) is 32.8. The summed E-state index contributed by atoms with van der Waals surface area (Å²) >= 11 is 1.97. The summed E-state index contributed by atoms with van der Waals surface area (Å²) < 4.78 is 0. The van der Waals surface area contributed by atoms with Crippen LogP contribution >= 0.6 is 11.8 Å². The summed E-state index contributed by atoms with van der Waals surface area (Å²) in [6, 6.07) is 102. The van der Waals surface area contributed by atoms with E-state index in [-0.39, 0.29) is 29.7 Å². The molecule has 434 valence electrons. The van der Waals surface area contributed by atoms with Crippen LogP contribution in [0.2, 0.25) is 0 Å². The van der Waals surface area contributed by atoms with Crippen LogP contribution in [0.25, 0.3) is 44.5 Å². The molecule has 0 N–H and O–H groups in total. The highest BCUT2D eigenvalue weighted by atomic mass is 32.2. The molecular formula is C84H71B2N3S. The molecule has 0 aliphatic carbocycles. The van der Waals surface area contributed by atoms with Crippen LogP contribution in [0.1, 0.15) is 79.0 Å². The molecule has 12 aromatic rings. The van der Waals surface area contributed by atoms with Crippen molar-refractivity contribution in [3.8, 4) is 44.5 Å². The lowest BCUT2D eigenvalue weighted by molar-refractivity contribution is 0.590. The van der Waals surface area contributed by atoms with Gasteiger partial charge < -0.3 is 14.7 Å². The molecule has 4 heterocycles. The normalized spacial score (nSPS) is 13.7. The summed E-state index contributed by atoms with van der Waals surface area (Å²) in [5, 5.41) is 0. The SMILES string of the molecule is CC(C)(C)c1cc(-c2ccccc2)c(N2c3ccccc3B3c4cc5c6c(c4N(c4c(-c7ccccc7)cc(C(C)(C)C)cc4-c4ccccc4)c4cc(C(C)(C)C)cc2c43)Sc2ccccc2B6c2ccccc2N5c2ccccc2)c(-c2ccccc2)c1. The monoisotopic (exact) mass is 1180 g/mol. The van der Waals surface area contributed by atoms with E-state index in [1.54, 1.807) is 0 Å². The molecular weight excluding hydrogens is 1100 g/mol. The van der Waals surface area contributed by atoms with E-state index in [9.17, 15) is 0 Å². The summed E-state index contributed by atoms with van der Waals surface area (Å²) in [6.45, 7) is 21.1. The minimum atomic E-state index is -0.278. The Bertz CT molecular complexity index is 4690. The molecule has 0 saturated carbocycles. The fourth-order valence-corrected chi connectivity index (χ4v) is 16.1. The molecule has 3 nitrogen and oxygen atoms in total. The Hall–Kier alpha value is -9.48. The summed E-state index contributed by atoms with van der Waals surface area (Å²) in [4.78, 5) is 10.7. The molecule has 0 saturated heterocycles. The Morgan fingerprint density at radius 1 is 0.278 bits per heavy atom. The maximum Gasteiger partial charge on any atom is 0.252 e. The van der Waals surface area contributed by atoms with Crippen LogP contribution in [0.4, 0.5) is 51.2 Å². The van der Waals surface area contributed by atoms with Crippen LogP contribution in [-0.2, 0) is 16.2 Å². The van der Waals surface area contributed by atoms with Crippen molar-refractivity contribution in [2.75, 3.05) is 14.7 Å². The van der Waals surface area contributed by atoms with Gasteiger partial charge in [0.15, 0.2) is 0 Å². The predicted molar refractivity (Wildman–Crippen MR) is 388 cm³/mol. The number of nitrogens with zero attached hydrogens (tertiary/aromatic N) is 3. The second-order valence-electron chi connectivity index (χ2n) is 28.0. The highest BCUT2D eigenvalue weighted by Gasteiger charge is 2.51. The van der Waals surface area contributed by atoms with Crippen LogP contribution < -0.4 is 47.5 Å². The molecule has 6 heteroatoms. The third kappa shape index (κ3) is 8.96. The smallest absolute Gasteiger partial charge is 0.252 e. The molecule has 12 aromatic carbocycles. The third-order valence-corrected chi connectivity index (χ3v) is 20.5. The number of hydrogen-bond donors (Lipinski definition) is 0. The van der Waals surface area contributed by atoms with Crippen LogP contribution in [-0.4, -0.2) is 13.4 Å². The molecule has 0 aromatic heterocycles. The van der Waals surface area contributed by atoms with E-state index in [0.29, 0.717) is 0 Å². The van der Waals surface area contributed by atoms with E-state index in [4.69, 9.17) is 0 Å². The lowest BCUT2D eigenvalue weighted by atomic mass is 9.31. The van der Waals surface area contributed by atoms with Crippen LogP contribution in [0.3, 0.4) is 0 Å². The molecule has 0 amide bonds. The first-order valence-electron chi connectivity index (χ1n) is 32.0. The summed E-state index contributed by atoms with van der Waals surface area (Å²) in [7, 11) is 0. The Labute approximate surface area is 536 Å². The Balaban J connectivity index is 1.13. The van der Waals surface area contributed by atoms with Gasteiger partial charge in [-0.15, -0.1) is 0 Å². The van der Waals surface area contributed by atoms with Gasteiger partial charge in [0.2, 0.25) is 6.71 Å². The van der Waals surface area contributed by atoms with Gasteiger partial charge in [-0.25, -0.2) is 0 Å². The van der Waals surface area contributed by atoms with Gasteiger partial charge in [-0.2, -0.15) is 0 Å². The number of para-hydroxylation sites is 3. The fourth-order valence-electron chi connectivity index (χ4n) is 14.8. The van der Waals surface area contributed by atoms with E-state index < -0.39 is 0 Å². The van der Waals surface area contributed by atoms with Gasteiger partial charge in [0.25, 0.3) is 6.71 Å². The predicted octanol–water partition coefficient (Wildman–Crippen LogP) is 19.1. The molecule has 0 atom stereocenters.